The lowest BCUT2D eigenvalue weighted by molar-refractivity contribution is 1.21. The molecule has 2 nitrogen and oxygen atoms in total. The number of hydrogen-bond acceptors (Lipinski definition) is 3. The highest BCUT2D eigenvalue weighted by Gasteiger charge is 1.96. The average molecular weight is 158 g/mol. The van der Waals surface area contributed by atoms with Crippen LogP contribution in [-0.4, -0.2) is 17.0 Å². The molecule has 0 aromatic carbocycles. The Balaban J connectivity index is 2.77. The molecule has 0 saturated carbocycles. The van der Waals surface area contributed by atoms with Gasteiger partial charge in [0.25, 0.3) is 0 Å². The Morgan fingerprint density at radius 3 is 3.11 bits per heavy atom. The van der Waals surface area contributed by atoms with Gasteiger partial charge in [-0.05, 0) is 0 Å². The Morgan fingerprint density at radius 2 is 2.67 bits per heavy atom. The van der Waals surface area contributed by atoms with Crippen molar-refractivity contribution in [1.82, 2.24) is 10.3 Å². The molecule has 9 heavy (non-hydrogen) atoms. The van der Waals surface area contributed by atoms with Gasteiger partial charge in [0.2, 0.25) is 0 Å². The van der Waals surface area contributed by atoms with Crippen molar-refractivity contribution >= 4 is 28.5 Å². The van der Waals surface area contributed by atoms with Gasteiger partial charge in [-0.3, -0.25) is 4.98 Å². The molecule has 0 aliphatic rings. The molecule has 1 rings (SSSR count). The largest absolute Gasteiger partial charge is 0.378 e. The van der Waals surface area contributed by atoms with Crippen LogP contribution in [0.15, 0.2) is 11.7 Å². The van der Waals surface area contributed by atoms with Crippen molar-refractivity contribution in [3.8, 4) is 0 Å². The summed E-state index contributed by atoms with van der Waals surface area (Å²) in [6.45, 7) is 0. The maximum Gasteiger partial charge on any atom is 0.118 e. The summed E-state index contributed by atoms with van der Waals surface area (Å²) < 4.78 is 0. The molecule has 0 saturated heterocycles. The molecule has 0 spiro atoms. The summed E-state index contributed by atoms with van der Waals surface area (Å²) in [5, 5.41) is 2.87. The third kappa shape index (κ3) is 1.46. The SMILES string of the molecule is CNC(=S)c1cncs1. The second kappa shape index (κ2) is 2.89. The summed E-state index contributed by atoms with van der Waals surface area (Å²) in [6, 6.07) is 0. The summed E-state index contributed by atoms with van der Waals surface area (Å²) in [7, 11) is 1.81. The maximum absolute atomic E-state index is 4.93. The molecule has 0 fully saturated rings. The molecule has 0 unspecified atom stereocenters. The summed E-state index contributed by atoms with van der Waals surface area (Å²) in [5.41, 5.74) is 1.76. The lowest BCUT2D eigenvalue weighted by Gasteiger charge is -1.94. The van der Waals surface area contributed by atoms with Gasteiger partial charge in [0.1, 0.15) is 4.99 Å². The van der Waals surface area contributed by atoms with Crippen molar-refractivity contribution in [3.63, 3.8) is 0 Å². The van der Waals surface area contributed by atoms with Crippen molar-refractivity contribution in [2.24, 2.45) is 0 Å². The van der Waals surface area contributed by atoms with Gasteiger partial charge in [-0.15, -0.1) is 11.3 Å². The molecule has 1 aromatic rings. The zero-order valence-electron chi connectivity index (χ0n) is 4.92. The first-order valence-corrected chi connectivity index (χ1v) is 3.74. The summed E-state index contributed by atoms with van der Waals surface area (Å²) in [5.74, 6) is 0. The fraction of sp³-hybridized carbons (Fsp3) is 0.200. The highest BCUT2D eigenvalue weighted by Crippen LogP contribution is 2.04. The predicted octanol–water partition coefficient (Wildman–Crippen LogP) is 1.04. The third-order valence-corrected chi connectivity index (χ3v) is 2.23. The van der Waals surface area contributed by atoms with Gasteiger partial charge in [-0.2, -0.15) is 0 Å². The predicted molar refractivity (Wildman–Crippen MR) is 42.9 cm³/mol. The standard InChI is InChI=1S/C5H6N2S2/c1-6-5(8)4-2-7-3-9-4/h2-3H,1H3,(H,6,8). The minimum Gasteiger partial charge on any atom is -0.378 e. The van der Waals surface area contributed by atoms with E-state index in [1.165, 1.54) is 0 Å². The average Bonchev–Trinajstić information content (AvgIpc) is 2.37. The van der Waals surface area contributed by atoms with E-state index in [2.05, 4.69) is 10.3 Å². The second-order valence-corrected chi connectivity index (χ2v) is 2.74. The number of nitrogens with zero attached hydrogens (tertiary/aromatic N) is 1. The topological polar surface area (TPSA) is 24.9 Å². The minimum absolute atomic E-state index is 0.762. The van der Waals surface area contributed by atoms with E-state index in [1.54, 1.807) is 23.0 Å². The van der Waals surface area contributed by atoms with Gasteiger partial charge in [0.05, 0.1) is 10.4 Å². The first-order chi connectivity index (χ1) is 4.34. The molecule has 0 amide bonds. The van der Waals surface area contributed by atoms with E-state index >= 15 is 0 Å². The van der Waals surface area contributed by atoms with Crippen LogP contribution in [0.5, 0.6) is 0 Å². The van der Waals surface area contributed by atoms with E-state index in [4.69, 9.17) is 12.2 Å². The third-order valence-electron chi connectivity index (χ3n) is 0.883. The molecular formula is C5H6N2S2. The molecule has 0 bridgehead atoms. The van der Waals surface area contributed by atoms with Crippen LogP contribution in [0.2, 0.25) is 0 Å². The van der Waals surface area contributed by atoms with E-state index in [0.29, 0.717) is 0 Å². The van der Waals surface area contributed by atoms with Gasteiger partial charge >= 0.3 is 0 Å². The van der Waals surface area contributed by atoms with Gasteiger partial charge in [-0.1, -0.05) is 12.2 Å². The summed E-state index contributed by atoms with van der Waals surface area (Å²) >= 11 is 6.48. The molecule has 0 atom stereocenters. The van der Waals surface area contributed by atoms with E-state index in [9.17, 15) is 0 Å². The Labute approximate surface area is 62.9 Å². The molecule has 0 aliphatic carbocycles. The normalized spacial score (nSPS) is 9.00. The summed E-state index contributed by atoms with van der Waals surface area (Å²) in [6.07, 6.45) is 1.75. The molecule has 0 radical (unpaired) electrons. The quantitative estimate of drug-likeness (QED) is 0.618. The molecule has 1 aromatic heterocycles. The maximum atomic E-state index is 4.93. The van der Waals surface area contributed by atoms with Crippen LogP contribution in [0.1, 0.15) is 4.88 Å². The van der Waals surface area contributed by atoms with Crippen LogP contribution in [0.25, 0.3) is 0 Å². The molecule has 1 heterocycles. The van der Waals surface area contributed by atoms with Gasteiger partial charge in [0, 0.05) is 13.2 Å². The fourth-order valence-electron chi connectivity index (χ4n) is 0.451. The number of hydrogen-bond donors (Lipinski definition) is 1. The van der Waals surface area contributed by atoms with Crippen LogP contribution in [0, 0.1) is 0 Å². The zero-order valence-corrected chi connectivity index (χ0v) is 6.55. The van der Waals surface area contributed by atoms with Crippen LogP contribution in [0.3, 0.4) is 0 Å². The van der Waals surface area contributed by atoms with Gasteiger partial charge in [0.15, 0.2) is 0 Å². The lowest BCUT2D eigenvalue weighted by atomic mass is 10.5. The number of nitrogens with one attached hydrogen (secondary N) is 1. The Bertz CT molecular complexity index is 193. The van der Waals surface area contributed by atoms with Crippen molar-refractivity contribution in [3.05, 3.63) is 16.6 Å². The summed E-state index contributed by atoms with van der Waals surface area (Å²) in [4.78, 5) is 5.66. The number of thiocarbonyl (C=S) groups is 1. The van der Waals surface area contributed by atoms with Crippen molar-refractivity contribution < 1.29 is 0 Å². The fourth-order valence-corrected chi connectivity index (χ4v) is 1.21. The van der Waals surface area contributed by atoms with E-state index < -0.39 is 0 Å². The van der Waals surface area contributed by atoms with Crippen molar-refractivity contribution in [2.45, 2.75) is 0 Å². The zero-order chi connectivity index (χ0) is 6.69. The molecule has 4 heteroatoms. The van der Waals surface area contributed by atoms with E-state index in [0.717, 1.165) is 9.87 Å². The van der Waals surface area contributed by atoms with Crippen LogP contribution >= 0.6 is 23.6 Å². The van der Waals surface area contributed by atoms with Crippen LogP contribution < -0.4 is 5.32 Å². The monoisotopic (exact) mass is 158 g/mol. The molecule has 48 valence electrons. The number of thiazole rings is 1. The van der Waals surface area contributed by atoms with Crippen molar-refractivity contribution in [2.75, 3.05) is 7.05 Å². The Morgan fingerprint density at radius 1 is 1.89 bits per heavy atom. The van der Waals surface area contributed by atoms with Gasteiger partial charge in [-0.25, -0.2) is 0 Å². The Kier molecular flexibility index (Phi) is 2.13. The molecule has 0 aliphatic heterocycles. The first-order valence-electron chi connectivity index (χ1n) is 2.45. The van der Waals surface area contributed by atoms with E-state index in [-0.39, 0.29) is 0 Å². The lowest BCUT2D eigenvalue weighted by Crippen LogP contribution is -2.14. The minimum atomic E-state index is 0.762. The first kappa shape index (κ1) is 6.64. The molecular weight excluding hydrogens is 152 g/mol. The van der Waals surface area contributed by atoms with Crippen molar-refractivity contribution in [1.29, 1.82) is 0 Å². The highest BCUT2D eigenvalue weighted by molar-refractivity contribution is 7.81. The van der Waals surface area contributed by atoms with Gasteiger partial charge < -0.3 is 5.32 Å². The Hall–Kier alpha value is -0.480. The van der Waals surface area contributed by atoms with Crippen LogP contribution in [0.4, 0.5) is 0 Å². The highest BCUT2D eigenvalue weighted by atomic mass is 32.1. The number of rotatable bonds is 1. The molecule has 1 N–H and O–H groups in total. The van der Waals surface area contributed by atoms with Crippen LogP contribution in [-0.2, 0) is 0 Å². The smallest absolute Gasteiger partial charge is 0.118 e. The number of aromatic nitrogens is 1. The second-order valence-electron chi connectivity index (χ2n) is 1.44. The van der Waals surface area contributed by atoms with E-state index in [1.807, 2.05) is 7.05 Å².